The van der Waals surface area contributed by atoms with Crippen LogP contribution in [0.5, 0.6) is 0 Å². The molecule has 1 amide bonds. The van der Waals surface area contributed by atoms with E-state index in [2.05, 4.69) is 21.2 Å². The predicted octanol–water partition coefficient (Wildman–Crippen LogP) is 4.19. The first-order chi connectivity index (χ1) is 9.88. The number of carbonyl (C=O) groups excluding carboxylic acids is 1. The van der Waals surface area contributed by atoms with Gasteiger partial charge >= 0.3 is 5.97 Å². The molecule has 7 heteroatoms. The van der Waals surface area contributed by atoms with E-state index in [-0.39, 0.29) is 26.3 Å². The second kappa shape index (κ2) is 6.24. The molecule has 0 saturated carbocycles. The average Bonchev–Trinajstić information content (AvgIpc) is 2.40. The minimum Gasteiger partial charge on any atom is -0.478 e. The number of carboxylic acid groups (broad SMARTS) is 1. The molecule has 0 fully saturated rings. The molecule has 0 spiro atoms. The molecule has 4 nitrogen and oxygen atoms in total. The fraction of sp³-hybridized carbons (Fsp3) is 0. The lowest BCUT2D eigenvalue weighted by atomic mass is 10.1. The number of amides is 1. The Morgan fingerprint density at radius 2 is 1.90 bits per heavy atom. The monoisotopic (exact) mass is 371 g/mol. The largest absolute Gasteiger partial charge is 0.478 e. The van der Waals surface area contributed by atoms with Crippen LogP contribution in [0, 0.1) is 5.82 Å². The van der Waals surface area contributed by atoms with E-state index in [1.165, 1.54) is 24.3 Å². The van der Waals surface area contributed by atoms with E-state index in [0.29, 0.717) is 0 Å². The highest BCUT2D eigenvalue weighted by atomic mass is 79.9. The Kier molecular flexibility index (Phi) is 4.59. The van der Waals surface area contributed by atoms with Crippen molar-refractivity contribution in [1.82, 2.24) is 0 Å². The van der Waals surface area contributed by atoms with Gasteiger partial charge in [-0.05, 0) is 52.3 Å². The van der Waals surface area contributed by atoms with Crippen LogP contribution in [0.1, 0.15) is 20.7 Å². The quantitative estimate of drug-likeness (QED) is 0.849. The second-order valence-corrected chi connectivity index (χ2v) is 5.34. The van der Waals surface area contributed by atoms with Gasteiger partial charge in [0.2, 0.25) is 0 Å². The predicted molar refractivity (Wildman–Crippen MR) is 80.5 cm³/mol. The Labute approximate surface area is 132 Å². The standard InChI is InChI=1S/C14H8BrClFNO3/c15-10-6-8(17)2-3-9(10)13(19)18-12-5-7(14(20)21)1-4-11(12)16/h1-6H,(H,18,19)(H,20,21). The molecule has 0 aromatic heterocycles. The molecule has 0 unspecified atom stereocenters. The first-order valence-corrected chi connectivity index (χ1v) is 6.85. The fourth-order valence-electron chi connectivity index (χ4n) is 1.62. The average molecular weight is 373 g/mol. The van der Waals surface area contributed by atoms with Crippen LogP contribution in [0.3, 0.4) is 0 Å². The maximum Gasteiger partial charge on any atom is 0.335 e. The van der Waals surface area contributed by atoms with Crippen molar-refractivity contribution in [3.63, 3.8) is 0 Å². The van der Waals surface area contributed by atoms with Crippen molar-refractivity contribution in [2.75, 3.05) is 5.32 Å². The molecule has 108 valence electrons. The SMILES string of the molecule is O=C(O)c1ccc(Cl)c(NC(=O)c2ccc(F)cc2Br)c1. The summed E-state index contributed by atoms with van der Waals surface area (Å²) in [6.45, 7) is 0. The van der Waals surface area contributed by atoms with Crippen LogP contribution >= 0.6 is 27.5 Å². The number of hydrogen-bond donors (Lipinski definition) is 2. The van der Waals surface area contributed by atoms with Crippen molar-refractivity contribution in [2.45, 2.75) is 0 Å². The van der Waals surface area contributed by atoms with Crippen molar-refractivity contribution in [3.05, 3.63) is 62.8 Å². The van der Waals surface area contributed by atoms with Gasteiger partial charge in [-0.25, -0.2) is 9.18 Å². The second-order valence-electron chi connectivity index (χ2n) is 4.08. The lowest BCUT2D eigenvalue weighted by Crippen LogP contribution is -2.13. The van der Waals surface area contributed by atoms with Crippen LogP contribution in [0.25, 0.3) is 0 Å². The summed E-state index contributed by atoms with van der Waals surface area (Å²) in [5.41, 5.74) is 0.360. The summed E-state index contributed by atoms with van der Waals surface area (Å²) < 4.78 is 13.3. The Balaban J connectivity index is 2.31. The summed E-state index contributed by atoms with van der Waals surface area (Å²) in [6, 6.07) is 7.57. The molecule has 0 aliphatic rings. The molecule has 2 aromatic rings. The molecular weight excluding hydrogens is 365 g/mol. The molecular formula is C14H8BrClFNO3. The Morgan fingerprint density at radius 1 is 1.19 bits per heavy atom. The maximum atomic E-state index is 13.0. The number of rotatable bonds is 3. The number of carboxylic acids is 1. The van der Waals surface area contributed by atoms with Gasteiger partial charge in [-0.3, -0.25) is 4.79 Å². The van der Waals surface area contributed by atoms with Crippen LogP contribution < -0.4 is 5.32 Å². The van der Waals surface area contributed by atoms with Crippen LogP contribution in [-0.2, 0) is 0 Å². The smallest absolute Gasteiger partial charge is 0.335 e. The van der Waals surface area contributed by atoms with Gasteiger partial charge < -0.3 is 10.4 Å². The van der Waals surface area contributed by atoms with E-state index in [0.717, 1.165) is 12.1 Å². The number of carbonyl (C=O) groups is 2. The third-order valence-corrected chi connectivity index (χ3v) is 3.62. The van der Waals surface area contributed by atoms with Gasteiger partial charge in [-0.1, -0.05) is 11.6 Å². The van der Waals surface area contributed by atoms with Gasteiger partial charge in [-0.2, -0.15) is 0 Å². The number of hydrogen-bond acceptors (Lipinski definition) is 2. The lowest BCUT2D eigenvalue weighted by molar-refractivity contribution is 0.0696. The molecule has 0 saturated heterocycles. The third-order valence-electron chi connectivity index (χ3n) is 2.64. The van der Waals surface area contributed by atoms with Gasteiger partial charge in [0.1, 0.15) is 5.82 Å². The molecule has 21 heavy (non-hydrogen) atoms. The minimum absolute atomic E-state index is 0.00660. The first-order valence-electron chi connectivity index (χ1n) is 5.67. The van der Waals surface area contributed by atoms with Gasteiger partial charge in [-0.15, -0.1) is 0 Å². The van der Waals surface area contributed by atoms with Gasteiger partial charge in [0, 0.05) is 4.47 Å². The molecule has 0 heterocycles. The first kappa shape index (κ1) is 15.5. The molecule has 0 radical (unpaired) electrons. The van der Waals surface area contributed by atoms with Crippen molar-refractivity contribution < 1.29 is 19.1 Å². The van der Waals surface area contributed by atoms with Crippen LogP contribution in [0.2, 0.25) is 5.02 Å². The van der Waals surface area contributed by atoms with Gasteiger partial charge in [0.15, 0.2) is 0 Å². The topological polar surface area (TPSA) is 66.4 Å². The molecule has 0 aliphatic carbocycles. The number of nitrogens with one attached hydrogen (secondary N) is 1. The summed E-state index contributed by atoms with van der Waals surface area (Å²) in [7, 11) is 0. The maximum absolute atomic E-state index is 13.0. The van der Waals surface area contributed by atoms with E-state index in [4.69, 9.17) is 16.7 Å². The zero-order valence-electron chi connectivity index (χ0n) is 10.4. The molecule has 0 atom stereocenters. The van der Waals surface area contributed by atoms with Crippen LogP contribution in [0.4, 0.5) is 10.1 Å². The Morgan fingerprint density at radius 3 is 2.52 bits per heavy atom. The number of benzene rings is 2. The van der Waals surface area contributed by atoms with E-state index in [1.54, 1.807) is 0 Å². The highest BCUT2D eigenvalue weighted by molar-refractivity contribution is 9.10. The molecule has 0 bridgehead atoms. The summed E-state index contributed by atoms with van der Waals surface area (Å²) in [4.78, 5) is 23.0. The third kappa shape index (κ3) is 3.59. The summed E-state index contributed by atoms with van der Waals surface area (Å²) in [5, 5.41) is 11.6. The van der Waals surface area contributed by atoms with Gasteiger partial charge in [0.05, 0.1) is 21.8 Å². The van der Waals surface area contributed by atoms with E-state index < -0.39 is 17.7 Å². The Hall–Kier alpha value is -1.92. The van der Waals surface area contributed by atoms with E-state index >= 15 is 0 Å². The summed E-state index contributed by atoms with van der Waals surface area (Å²) in [5.74, 6) is -2.15. The van der Waals surface area contributed by atoms with Gasteiger partial charge in [0.25, 0.3) is 5.91 Å². The van der Waals surface area contributed by atoms with Crippen LogP contribution in [0.15, 0.2) is 40.9 Å². The zero-order valence-corrected chi connectivity index (χ0v) is 12.7. The van der Waals surface area contributed by atoms with E-state index in [9.17, 15) is 14.0 Å². The molecule has 2 rings (SSSR count). The summed E-state index contributed by atoms with van der Waals surface area (Å²) >= 11 is 9.01. The number of anilines is 1. The zero-order chi connectivity index (χ0) is 15.6. The lowest BCUT2D eigenvalue weighted by Gasteiger charge is -2.09. The summed E-state index contributed by atoms with van der Waals surface area (Å²) in [6.07, 6.45) is 0. The van der Waals surface area contributed by atoms with Crippen molar-refractivity contribution in [2.24, 2.45) is 0 Å². The Bertz CT molecular complexity index is 736. The minimum atomic E-state index is -1.13. The van der Waals surface area contributed by atoms with E-state index in [1.807, 2.05) is 0 Å². The highest BCUT2D eigenvalue weighted by Gasteiger charge is 2.14. The van der Waals surface area contributed by atoms with Crippen molar-refractivity contribution in [1.29, 1.82) is 0 Å². The fourth-order valence-corrected chi connectivity index (χ4v) is 2.31. The number of aromatic carboxylic acids is 1. The molecule has 2 N–H and O–H groups in total. The molecule has 0 aliphatic heterocycles. The normalized spacial score (nSPS) is 10.2. The molecule has 2 aromatic carbocycles. The van der Waals surface area contributed by atoms with Crippen molar-refractivity contribution in [3.8, 4) is 0 Å². The van der Waals surface area contributed by atoms with Crippen molar-refractivity contribution >= 4 is 45.1 Å². The number of halogens is 3. The van der Waals surface area contributed by atoms with Crippen LogP contribution in [-0.4, -0.2) is 17.0 Å². The highest BCUT2D eigenvalue weighted by Crippen LogP contribution is 2.25.